The normalized spacial score (nSPS) is 21.3. The van der Waals surface area contributed by atoms with E-state index in [2.05, 4.69) is 50.5 Å². The van der Waals surface area contributed by atoms with Gasteiger partial charge >= 0.3 is 0 Å². The van der Waals surface area contributed by atoms with Gasteiger partial charge in [-0.3, -0.25) is 9.78 Å². The number of ether oxygens (including phenoxy) is 1. The van der Waals surface area contributed by atoms with Crippen molar-refractivity contribution >= 4 is 5.91 Å². The first-order valence-corrected chi connectivity index (χ1v) is 10.7. The molecule has 1 spiro atoms. The van der Waals surface area contributed by atoms with Crippen molar-refractivity contribution in [1.82, 2.24) is 20.2 Å². The highest BCUT2D eigenvalue weighted by Crippen LogP contribution is 2.38. The number of benzene rings is 1. The van der Waals surface area contributed by atoms with E-state index in [4.69, 9.17) is 4.74 Å². The van der Waals surface area contributed by atoms with E-state index in [1.54, 1.807) is 6.20 Å². The predicted molar refractivity (Wildman–Crippen MR) is 112 cm³/mol. The fraction of sp³-hybridized carbons (Fsp3) is 0.522. The zero-order valence-corrected chi connectivity index (χ0v) is 16.9. The number of carbonyl (C=O) groups excluding carboxylic acids is 1. The van der Waals surface area contributed by atoms with E-state index < -0.39 is 0 Å². The van der Waals surface area contributed by atoms with Gasteiger partial charge < -0.3 is 15.0 Å². The van der Waals surface area contributed by atoms with Crippen LogP contribution in [0.15, 0.2) is 48.9 Å². The van der Waals surface area contributed by atoms with E-state index in [9.17, 15) is 4.79 Å². The SMILES string of the molecule is O=C(NC[C@H]1CCC2(CCN(CCCc3ccccc3)CC2)O1)c1cnccn1. The molecule has 1 amide bonds. The summed E-state index contributed by atoms with van der Waals surface area (Å²) in [6, 6.07) is 10.7. The van der Waals surface area contributed by atoms with Crippen LogP contribution in [-0.4, -0.2) is 58.7 Å². The van der Waals surface area contributed by atoms with Crippen LogP contribution >= 0.6 is 0 Å². The van der Waals surface area contributed by atoms with Crippen molar-refractivity contribution in [3.63, 3.8) is 0 Å². The van der Waals surface area contributed by atoms with Crippen LogP contribution in [0, 0.1) is 0 Å². The van der Waals surface area contributed by atoms with Gasteiger partial charge in [-0.05, 0) is 50.6 Å². The molecule has 2 aliphatic rings. The van der Waals surface area contributed by atoms with E-state index in [1.165, 1.54) is 24.4 Å². The lowest BCUT2D eigenvalue weighted by atomic mass is 9.88. The molecule has 1 N–H and O–H groups in total. The molecule has 0 saturated carbocycles. The third kappa shape index (κ3) is 5.40. The zero-order chi connectivity index (χ0) is 19.9. The Hall–Kier alpha value is -2.31. The summed E-state index contributed by atoms with van der Waals surface area (Å²) in [4.78, 5) is 22.7. The van der Waals surface area contributed by atoms with Crippen LogP contribution in [0.2, 0.25) is 0 Å². The Morgan fingerprint density at radius 2 is 2.00 bits per heavy atom. The number of rotatable bonds is 7. The Morgan fingerprint density at radius 1 is 1.17 bits per heavy atom. The number of nitrogens with one attached hydrogen (secondary N) is 1. The van der Waals surface area contributed by atoms with Gasteiger partial charge in [0.25, 0.3) is 5.91 Å². The topological polar surface area (TPSA) is 67.4 Å². The molecule has 3 heterocycles. The first-order chi connectivity index (χ1) is 14.2. The lowest BCUT2D eigenvalue weighted by Crippen LogP contribution is -2.45. The van der Waals surface area contributed by atoms with Gasteiger partial charge in [0.05, 0.1) is 17.9 Å². The molecular formula is C23H30N4O2. The Kier molecular flexibility index (Phi) is 6.52. The average molecular weight is 395 g/mol. The summed E-state index contributed by atoms with van der Waals surface area (Å²) in [7, 11) is 0. The van der Waals surface area contributed by atoms with Crippen LogP contribution in [0.4, 0.5) is 0 Å². The quantitative estimate of drug-likeness (QED) is 0.782. The van der Waals surface area contributed by atoms with Crippen LogP contribution in [0.5, 0.6) is 0 Å². The van der Waals surface area contributed by atoms with E-state index in [0.29, 0.717) is 12.2 Å². The molecule has 0 radical (unpaired) electrons. The predicted octanol–water partition coefficient (Wildman–Crippen LogP) is 2.85. The maximum atomic E-state index is 12.1. The number of aromatic nitrogens is 2. The van der Waals surface area contributed by atoms with Crippen LogP contribution in [0.1, 0.15) is 48.2 Å². The van der Waals surface area contributed by atoms with Crippen molar-refractivity contribution in [2.75, 3.05) is 26.2 Å². The van der Waals surface area contributed by atoms with Gasteiger partial charge in [-0.2, -0.15) is 0 Å². The maximum absolute atomic E-state index is 12.1. The van der Waals surface area contributed by atoms with E-state index >= 15 is 0 Å². The highest BCUT2D eigenvalue weighted by Gasteiger charge is 2.42. The Bertz CT molecular complexity index is 776. The minimum atomic E-state index is -0.184. The van der Waals surface area contributed by atoms with Gasteiger partial charge in [0.2, 0.25) is 0 Å². The van der Waals surface area contributed by atoms with E-state index in [-0.39, 0.29) is 17.6 Å². The van der Waals surface area contributed by atoms with Crippen LogP contribution < -0.4 is 5.32 Å². The molecule has 2 saturated heterocycles. The molecule has 6 heteroatoms. The molecule has 2 fully saturated rings. The summed E-state index contributed by atoms with van der Waals surface area (Å²) in [6.45, 7) is 3.90. The molecule has 4 rings (SSSR count). The molecule has 154 valence electrons. The fourth-order valence-electron chi connectivity index (χ4n) is 4.46. The van der Waals surface area contributed by atoms with Gasteiger partial charge in [0.15, 0.2) is 0 Å². The summed E-state index contributed by atoms with van der Waals surface area (Å²) in [5.74, 6) is -0.184. The van der Waals surface area contributed by atoms with Gasteiger partial charge in [0.1, 0.15) is 5.69 Å². The third-order valence-electron chi connectivity index (χ3n) is 6.17. The number of nitrogens with zero attached hydrogens (tertiary/aromatic N) is 3. The smallest absolute Gasteiger partial charge is 0.271 e. The molecular weight excluding hydrogens is 364 g/mol. The Labute approximate surface area is 172 Å². The second-order valence-corrected chi connectivity index (χ2v) is 8.19. The minimum Gasteiger partial charge on any atom is -0.370 e. The number of carbonyl (C=O) groups is 1. The molecule has 0 bridgehead atoms. The molecule has 1 atom stereocenters. The molecule has 2 aromatic rings. The summed E-state index contributed by atoms with van der Waals surface area (Å²) < 4.78 is 6.42. The second kappa shape index (κ2) is 9.46. The van der Waals surface area contributed by atoms with Crippen molar-refractivity contribution in [1.29, 1.82) is 0 Å². The third-order valence-corrected chi connectivity index (χ3v) is 6.17. The van der Waals surface area contributed by atoms with Crippen molar-refractivity contribution in [3.8, 4) is 0 Å². The zero-order valence-electron chi connectivity index (χ0n) is 16.9. The number of aryl methyl sites for hydroxylation is 1. The largest absolute Gasteiger partial charge is 0.370 e. The summed E-state index contributed by atoms with van der Waals surface area (Å²) in [5, 5.41) is 2.94. The molecule has 1 aromatic carbocycles. The van der Waals surface area contributed by atoms with Crippen LogP contribution in [0.3, 0.4) is 0 Å². The molecule has 1 aromatic heterocycles. The number of hydrogen-bond donors (Lipinski definition) is 1. The molecule has 29 heavy (non-hydrogen) atoms. The summed E-state index contributed by atoms with van der Waals surface area (Å²) in [5.41, 5.74) is 1.79. The minimum absolute atomic E-state index is 0.0118. The first-order valence-electron chi connectivity index (χ1n) is 10.7. The average Bonchev–Trinajstić information content (AvgIpc) is 3.17. The fourth-order valence-corrected chi connectivity index (χ4v) is 4.46. The van der Waals surface area contributed by atoms with Crippen LogP contribution in [0.25, 0.3) is 0 Å². The molecule has 0 unspecified atom stereocenters. The standard InChI is InChI=1S/C23H30N4O2/c28-22(21-18-24-12-13-25-21)26-17-20-8-9-23(29-20)10-15-27(16-11-23)14-4-7-19-5-2-1-3-6-19/h1-3,5-6,12-13,18,20H,4,7-11,14-17H2,(H,26,28)/t20-/m1/s1. The highest BCUT2D eigenvalue weighted by molar-refractivity contribution is 5.91. The molecule has 6 nitrogen and oxygen atoms in total. The number of likely N-dealkylation sites (tertiary alicyclic amines) is 1. The second-order valence-electron chi connectivity index (χ2n) is 8.19. The van der Waals surface area contributed by atoms with Crippen molar-refractivity contribution in [2.24, 2.45) is 0 Å². The number of amides is 1. The first kappa shape index (κ1) is 20.0. The molecule has 0 aliphatic carbocycles. The van der Waals surface area contributed by atoms with Crippen LogP contribution in [-0.2, 0) is 11.2 Å². The summed E-state index contributed by atoms with van der Waals surface area (Å²) >= 11 is 0. The lowest BCUT2D eigenvalue weighted by molar-refractivity contribution is -0.0754. The monoisotopic (exact) mass is 394 g/mol. The number of hydrogen-bond acceptors (Lipinski definition) is 5. The van der Waals surface area contributed by atoms with E-state index in [1.807, 2.05) is 0 Å². The maximum Gasteiger partial charge on any atom is 0.271 e. The number of piperidine rings is 1. The van der Waals surface area contributed by atoms with Crippen molar-refractivity contribution in [2.45, 2.75) is 50.2 Å². The van der Waals surface area contributed by atoms with Gasteiger partial charge in [-0.1, -0.05) is 30.3 Å². The lowest BCUT2D eigenvalue weighted by Gasteiger charge is -2.39. The van der Waals surface area contributed by atoms with Crippen molar-refractivity contribution < 1.29 is 9.53 Å². The van der Waals surface area contributed by atoms with Crippen molar-refractivity contribution in [3.05, 3.63) is 60.2 Å². The Balaban J connectivity index is 1.16. The van der Waals surface area contributed by atoms with Gasteiger partial charge in [-0.15, -0.1) is 0 Å². The van der Waals surface area contributed by atoms with Gasteiger partial charge in [-0.25, -0.2) is 4.98 Å². The highest BCUT2D eigenvalue weighted by atomic mass is 16.5. The molecule has 2 aliphatic heterocycles. The Morgan fingerprint density at radius 3 is 2.76 bits per heavy atom. The van der Waals surface area contributed by atoms with Gasteiger partial charge in [0, 0.05) is 32.0 Å². The summed E-state index contributed by atoms with van der Waals surface area (Å²) in [6.07, 6.45) is 11.3. The van der Waals surface area contributed by atoms with E-state index in [0.717, 1.165) is 51.7 Å².